The van der Waals surface area contributed by atoms with Crippen LogP contribution in [0, 0.1) is 0 Å². The molecule has 12 heteroatoms. The number of aromatic amines is 2. The first kappa shape index (κ1) is 31.1. The number of rotatable bonds is 14. The summed E-state index contributed by atoms with van der Waals surface area (Å²) in [6.45, 7) is 0.728. The standard InChI is InChI=1S/C32H38N6O5S/c1-44-14-12-26(32(42)43)36-30(40)27(15-19-17-34-23-9-4-2-7-21(19)23)38-31(41)28(37-29(39)25-11-6-13-33-25)16-20-18-35-24-10-5-3-8-22(20)24/h2-5,7-10,17-18,25-28,33-35H,6,11-16H2,1H3,(H,36,40)(H,37,39)(H,38,41)(H,42,43). The smallest absolute Gasteiger partial charge is 0.326 e. The van der Waals surface area contributed by atoms with Crippen LogP contribution in [-0.2, 0) is 32.0 Å². The zero-order valence-electron chi connectivity index (χ0n) is 24.5. The first-order valence-corrected chi connectivity index (χ1v) is 16.2. The van der Waals surface area contributed by atoms with Crippen molar-refractivity contribution < 1.29 is 24.3 Å². The molecule has 1 aliphatic heterocycles. The number of carbonyl (C=O) groups excluding carboxylic acids is 3. The summed E-state index contributed by atoms with van der Waals surface area (Å²) in [6.07, 6.45) is 7.57. The number of fused-ring (bicyclic) bond motifs is 2. The number of thioether (sulfide) groups is 1. The second kappa shape index (κ2) is 14.5. The van der Waals surface area contributed by atoms with Crippen LogP contribution < -0.4 is 21.3 Å². The molecular formula is C32H38N6O5S. The van der Waals surface area contributed by atoms with Crippen LogP contribution in [0.4, 0.5) is 0 Å². The summed E-state index contributed by atoms with van der Waals surface area (Å²) >= 11 is 1.48. The summed E-state index contributed by atoms with van der Waals surface area (Å²) in [7, 11) is 0. The van der Waals surface area contributed by atoms with Gasteiger partial charge in [0.1, 0.15) is 18.1 Å². The molecule has 3 amide bonds. The van der Waals surface area contributed by atoms with Crippen molar-refractivity contribution in [3.05, 3.63) is 72.1 Å². The van der Waals surface area contributed by atoms with E-state index in [0.717, 1.165) is 45.9 Å². The van der Waals surface area contributed by atoms with E-state index in [9.17, 15) is 24.3 Å². The first-order chi connectivity index (χ1) is 21.3. The second-order valence-corrected chi connectivity index (χ2v) is 12.1. The average molecular weight is 619 g/mol. The molecule has 0 aliphatic carbocycles. The summed E-state index contributed by atoms with van der Waals surface area (Å²) in [5.74, 6) is -2.00. The average Bonchev–Trinajstić information content (AvgIpc) is 3.79. The zero-order chi connectivity index (χ0) is 31.1. The largest absolute Gasteiger partial charge is 0.480 e. The minimum atomic E-state index is -1.14. The molecule has 7 N–H and O–H groups in total. The quantitative estimate of drug-likeness (QED) is 0.114. The molecule has 5 rings (SSSR count). The van der Waals surface area contributed by atoms with Crippen LogP contribution in [0.5, 0.6) is 0 Å². The summed E-state index contributed by atoms with van der Waals surface area (Å²) in [5, 5.41) is 23.2. The molecule has 4 atom stereocenters. The number of nitrogens with one attached hydrogen (secondary N) is 6. The number of hydrogen-bond donors (Lipinski definition) is 7. The van der Waals surface area contributed by atoms with Crippen LogP contribution in [0.2, 0.25) is 0 Å². The number of carboxylic acids is 1. The highest BCUT2D eigenvalue weighted by Gasteiger charge is 2.32. The molecule has 3 heterocycles. The van der Waals surface area contributed by atoms with E-state index in [4.69, 9.17) is 0 Å². The molecule has 232 valence electrons. The van der Waals surface area contributed by atoms with Crippen molar-refractivity contribution in [2.75, 3.05) is 18.6 Å². The third kappa shape index (κ3) is 7.43. The van der Waals surface area contributed by atoms with E-state index >= 15 is 0 Å². The molecule has 0 bridgehead atoms. The van der Waals surface area contributed by atoms with Gasteiger partial charge in [-0.15, -0.1) is 0 Å². The molecule has 44 heavy (non-hydrogen) atoms. The van der Waals surface area contributed by atoms with Crippen molar-refractivity contribution in [2.24, 2.45) is 0 Å². The fraction of sp³-hybridized carbons (Fsp3) is 0.375. The monoisotopic (exact) mass is 618 g/mol. The van der Waals surface area contributed by atoms with Crippen LogP contribution in [0.25, 0.3) is 21.8 Å². The number of amides is 3. The third-order valence-corrected chi connectivity index (χ3v) is 8.71. The maximum Gasteiger partial charge on any atom is 0.326 e. The Morgan fingerprint density at radius 1 is 0.841 bits per heavy atom. The Balaban J connectivity index is 1.41. The summed E-state index contributed by atoms with van der Waals surface area (Å²) in [4.78, 5) is 59.2. The van der Waals surface area contributed by atoms with Gasteiger partial charge in [-0.25, -0.2) is 4.79 Å². The molecule has 1 fully saturated rings. The number of aromatic nitrogens is 2. The van der Waals surface area contributed by atoms with Crippen molar-refractivity contribution in [3.63, 3.8) is 0 Å². The Hall–Kier alpha value is -4.29. The van der Waals surface area contributed by atoms with Crippen molar-refractivity contribution in [1.29, 1.82) is 0 Å². The Morgan fingerprint density at radius 2 is 1.39 bits per heavy atom. The topological polar surface area (TPSA) is 168 Å². The van der Waals surface area contributed by atoms with Gasteiger partial charge >= 0.3 is 5.97 Å². The molecule has 1 aliphatic rings. The van der Waals surface area contributed by atoms with Gasteiger partial charge in [0.2, 0.25) is 17.7 Å². The van der Waals surface area contributed by atoms with E-state index in [-0.39, 0.29) is 25.2 Å². The van der Waals surface area contributed by atoms with Crippen molar-refractivity contribution in [3.8, 4) is 0 Å². The van der Waals surface area contributed by atoms with Crippen LogP contribution in [0.15, 0.2) is 60.9 Å². The van der Waals surface area contributed by atoms with E-state index in [2.05, 4.69) is 31.2 Å². The van der Waals surface area contributed by atoms with E-state index in [1.165, 1.54) is 11.8 Å². The van der Waals surface area contributed by atoms with E-state index in [0.29, 0.717) is 12.2 Å². The molecule has 4 aromatic rings. The van der Waals surface area contributed by atoms with Gasteiger partial charge in [-0.3, -0.25) is 14.4 Å². The fourth-order valence-corrected chi connectivity index (χ4v) is 6.15. The Morgan fingerprint density at radius 3 is 1.91 bits per heavy atom. The van der Waals surface area contributed by atoms with Crippen LogP contribution >= 0.6 is 11.8 Å². The highest BCUT2D eigenvalue weighted by Crippen LogP contribution is 2.21. The minimum absolute atomic E-state index is 0.119. The number of hydrogen-bond acceptors (Lipinski definition) is 6. The molecule has 0 radical (unpaired) electrons. The van der Waals surface area contributed by atoms with Crippen molar-refractivity contribution in [1.82, 2.24) is 31.2 Å². The SMILES string of the molecule is CSCCC(NC(=O)C(Cc1c[nH]c2ccccc12)NC(=O)C(Cc1c[nH]c2ccccc12)NC(=O)C1CCCN1)C(=O)O. The molecule has 0 saturated carbocycles. The molecular weight excluding hydrogens is 580 g/mol. The summed E-state index contributed by atoms with van der Waals surface area (Å²) < 4.78 is 0. The lowest BCUT2D eigenvalue weighted by atomic mass is 10.0. The van der Waals surface area contributed by atoms with Gasteiger partial charge in [0.25, 0.3) is 0 Å². The normalized spacial score (nSPS) is 16.8. The summed E-state index contributed by atoms with van der Waals surface area (Å²) in [5.41, 5.74) is 3.43. The lowest BCUT2D eigenvalue weighted by Crippen LogP contribution is -2.58. The highest BCUT2D eigenvalue weighted by molar-refractivity contribution is 7.98. The molecule has 4 unspecified atom stereocenters. The van der Waals surface area contributed by atoms with Gasteiger partial charge in [0.05, 0.1) is 6.04 Å². The predicted molar refractivity (Wildman–Crippen MR) is 171 cm³/mol. The van der Waals surface area contributed by atoms with E-state index < -0.39 is 42.0 Å². The maximum absolute atomic E-state index is 14.0. The van der Waals surface area contributed by atoms with Gasteiger partial charge in [-0.2, -0.15) is 11.8 Å². The first-order valence-electron chi connectivity index (χ1n) is 14.8. The number of carboxylic acid groups (broad SMARTS) is 1. The fourth-order valence-electron chi connectivity index (χ4n) is 5.68. The van der Waals surface area contributed by atoms with Gasteiger partial charge in [-0.05, 0) is 61.1 Å². The molecule has 11 nitrogen and oxygen atoms in total. The van der Waals surface area contributed by atoms with Crippen molar-refractivity contribution >= 4 is 57.3 Å². The zero-order valence-corrected chi connectivity index (χ0v) is 25.3. The third-order valence-electron chi connectivity index (χ3n) is 8.07. The lowest BCUT2D eigenvalue weighted by molar-refractivity contribution is -0.142. The number of carbonyl (C=O) groups is 4. The van der Waals surface area contributed by atoms with Crippen molar-refractivity contribution in [2.45, 2.75) is 56.3 Å². The number of benzene rings is 2. The van der Waals surface area contributed by atoms with Crippen LogP contribution in [-0.4, -0.2) is 81.5 Å². The highest BCUT2D eigenvalue weighted by atomic mass is 32.2. The maximum atomic E-state index is 14.0. The van der Waals surface area contributed by atoms with Crippen LogP contribution in [0.3, 0.4) is 0 Å². The minimum Gasteiger partial charge on any atom is -0.480 e. The predicted octanol–water partition coefficient (Wildman–Crippen LogP) is 2.48. The van der Waals surface area contributed by atoms with Gasteiger partial charge in [0, 0.05) is 47.0 Å². The van der Waals surface area contributed by atoms with Gasteiger partial charge < -0.3 is 36.3 Å². The second-order valence-electron chi connectivity index (χ2n) is 11.1. The Labute approximate surface area is 259 Å². The molecule has 2 aromatic carbocycles. The van der Waals surface area contributed by atoms with Crippen LogP contribution in [0.1, 0.15) is 30.4 Å². The number of para-hydroxylation sites is 2. The molecule has 1 saturated heterocycles. The van der Waals surface area contributed by atoms with E-state index in [1.54, 1.807) is 6.20 Å². The number of H-pyrrole nitrogens is 2. The molecule has 2 aromatic heterocycles. The Bertz CT molecular complexity index is 1630. The molecule has 0 spiro atoms. The van der Waals surface area contributed by atoms with E-state index in [1.807, 2.05) is 61.0 Å². The lowest BCUT2D eigenvalue weighted by Gasteiger charge is -2.25. The van der Waals surface area contributed by atoms with Gasteiger partial charge in [-0.1, -0.05) is 36.4 Å². The Kier molecular flexibility index (Phi) is 10.2. The number of aliphatic carboxylic acids is 1. The van der Waals surface area contributed by atoms with Gasteiger partial charge in [0.15, 0.2) is 0 Å². The summed E-state index contributed by atoms with van der Waals surface area (Å²) in [6, 6.07) is 11.8.